The summed E-state index contributed by atoms with van der Waals surface area (Å²) in [7, 11) is 0. The van der Waals surface area contributed by atoms with E-state index in [0.29, 0.717) is 5.69 Å². The summed E-state index contributed by atoms with van der Waals surface area (Å²) in [5.41, 5.74) is -0.521. The lowest BCUT2D eigenvalue weighted by atomic mass is 9.82. The number of carbonyl (C=O) groups excluding carboxylic acids is 1. The number of aliphatic imine (C=N–C) groups is 1. The van der Waals surface area contributed by atoms with Crippen LogP contribution in [-0.4, -0.2) is 39.4 Å². The van der Waals surface area contributed by atoms with E-state index < -0.39 is 29.0 Å². The molecule has 21 heavy (non-hydrogen) atoms. The summed E-state index contributed by atoms with van der Waals surface area (Å²) in [4.78, 5) is 32.4. The number of hydrogen-bond donors (Lipinski definition) is 1. The van der Waals surface area contributed by atoms with E-state index in [-0.39, 0.29) is 0 Å². The number of nitrogens with zero attached hydrogens (tertiary/aromatic N) is 2. The molecule has 0 saturated carbocycles. The monoisotopic (exact) mass is 308 g/mol. The van der Waals surface area contributed by atoms with Crippen LogP contribution in [0.15, 0.2) is 28.0 Å². The van der Waals surface area contributed by atoms with Crippen LogP contribution in [0.2, 0.25) is 0 Å². The smallest absolute Gasteiger partial charge is 0.339 e. The maximum absolute atomic E-state index is 12.5. The molecule has 1 N–H and O–H groups in total. The van der Waals surface area contributed by atoms with Gasteiger partial charge in [-0.2, -0.15) is 0 Å². The molecule has 112 valence electrons. The predicted octanol–water partition coefficient (Wildman–Crippen LogP) is 2.03. The minimum absolute atomic E-state index is 0.294. The van der Waals surface area contributed by atoms with Crippen molar-refractivity contribution in [2.24, 2.45) is 4.99 Å². The van der Waals surface area contributed by atoms with Crippen molar-refractivity contribution in [1.82, 2.24) is 4.98 Å². The van der Waals surface area contributed by atoms with E-state index in [2.05, 4.69) is 9.98 Å². The number of carboxylic acid groups (broad SMARTS) is 1. The molecule has 2 atom stereocenters. The number of aliphatic carboxylic acids is 1. The van der Waals surface area contributed by atoms with Gasteiger partial charge in [-0.15, -0.1) is 11.3 Å². The molecular formula is C14H16N2O4S. The molecule has 0 spiro atoms. The van der Waals surface area contributed by atoms with E-state index in [1.165, 1.54) is 29.1 Å². The van der Waals surface area contributed by atoms with Crippen molar-refractivity contribution in [3.8, 4) is 0 Å². The predicted molar refractivity (Wildman–Crippen MR) is 78.7 cm³/mol. The number of ether oxygens (including phenoxy) is 1. The highest BCUT2D eigenvalue weighted by atomic mass is 32.1. The second-order valence-electron chi connectivity index (χ2n) is 5.65. The molecule has 0 aromatic carbocycles. The van der Waals surface area contributed by atoms with Crippen LogP contribution < -0.4 is 0 Å². The third kappa shape index (κ3) is 3.02. The molecular weight excluding hydrogens is 292 g/mol. The maximum Gasteiger partial charge on any atom is 0.339 e. The standard InChI is InChI=1S/C14H16N2O4S/c1-13(2,3)20-12(19)14(5-4-6-16-14)10(11(17)18)9-7-21-8-15-9/h4-8,10H,1-3H3,(H,17,18). The number of allylic oxidation sites excluding steroid dienone is 1. The summed E-state index contributed by atoms with van der Waals surface area (Å²) in [6.07, 6.45) is 4.41. The fourth-order valence-corrected chi connectivity index (χ4v) is 2.65. The van der Waals surface area contributed by atoms with Gasteiger partial charge in [0.2, 0.25) is 0 Å². The van der Waals surface area contributed by atoms with Crippen molar-refractivity contribution in [1.29, 1.82) is 0 Å². The number of carboxylic acids is 1. The molecule has 6 nitrogen and oxygen atoms in total. The Hall–Kier alpha value is -2.02. The number of esters is 1. The Morgan fingerprint density at radius 2 is 2.14 bits per heavy atom. The van der Waals surface area contributed by atoms with Gasteiger partial charge in [-0.05, 0) is 32.9 Å². The number of carbonyl (C=O) groups is 2. The summed E-state index contributed by atoms with van der Waals surface area (Å²) in [5.74, 6) is -3.08. The van der Waals surface area contributed by atoms with E-state index in [0.717, 1.165) is 0 Å². The van der Waals surface area contributed by atoms with Crippen LogP contribution in [0.3, 0.4) is 0 Å². The van der Waals surface area contributed by atoms with Gasteiger partial charge in [0.1, 0.15) is 11.5 Å². The van der Waals surface area contributed by atoms with Crippen molar-refractivity contribution < 1.29 is 19.4 Å². The number of rotatable bonds is 4. The first kappa shape index (κ1) is 15.4. The lowest BCUT2D eigenvalue weighted by Crippen LogP contribution is -2.47. The lowest BCUT2D eigenvalue weighted by molar-refractivity contribution is -0.163. The van der Waals surface area contributed by atoms with Crippen LogP contribution in [0.1, 0.15) is 32.4 Å². The van der Waals surface area contributed by atoms with E-state index in [9.17, 15) is 14.7 Å². The quantitative estimate of drug-likeness (QED) is 0.860. The van der Waals surface area contributed by atoms with E-state index in [4.69, 9.17) is 4.74 Å². The molecule has 1 aromatic heterocycles. The van der Waals surface area contributed by atoms with Gasteiger partial charge in [0.15, 0.2) is 5.54 Å². The normalized spacial score (nSPS) is 22.2. The van der Waals surface area contributed by atoms with Crippen molar-refractivity contribution in [2.45, 2.75) is 37.8 Å². The maximum atomic E-state index is 12.5. The first-order chi connectivity index (χ1) is 9.76. The minimum atomic E-state index is -1.60. The second kappa shape index (κ2) is 5.40. The Bertz CT molecular complexity index is 587. The van der Waals surface area contributed by atoms with Gasteiger partial charge in [0, 0.05) is 11.6 Å². The Morgan fingerprint density at radius 3 is 2.57 bits per heavy atom. The molecule has 2 rings (SSSR count). The molecule has 2 unspecified atom stereocenters. The molecule has 1 aliphatic heterocycles. The molecule has 0 fully saturated rings. The van der Waals surface area contributed by atoms with Gasteiger partial charge in [0.25, 0.3) is 0 Å². The van der Waals surface area contributed by atoms with Crippen LogP contribution in [0.4, 0.5) is 0 Å². The number of thiazole rings is 1. The van der Waals surface area contributed by atoms with Crippen LogP contribution in [0, 0.1) is 0 Å². The van der Waals surface area contributed by atoms with Gasteiger partial charge in [-0.3, -0.25) is 9.79 Å². The van der Waals surface area contributed by atoms with Crippen LogP contribution >= 0.6 is 11.3 Å². The number of hydrogen-bond acceptors (Lipinski definition) is 6. The Morgan fingerprint density at radius 1 is 1.43 bits per heavy atom. The average Bonchev–Trinajstić information content (AvgIpc) is 2.98. The molecule has 2 heterocycles. The molecule has 0 radical (unpaired) electrons. The van der Waals surface area contributed by atoms with E-state index in [1.54, 1.807) is 32.2 Å². The fraction of sp³-hybridized carbons (Fsp3) is 0.429. The largest absolute Gasteiger partial charge is 0.481 e. The third-order valence-corrected chi connectivity index (χ3v) is 3.49. The van der Waals surface area contributed by atoms with Crippen LogP contribution in [0.5, 0.6) is 0 Å². The lowest BCUT2D eigenvalue weighted by Gasteiger charge is -2.31. The first-order valence-corrected chi connectivity index (χ1v) is 7.28. The highest BCUT2D eigenvalue weighted by Gasteiger charge is 2.52. The van der Waals surface area contributed by atoms with Crippen molar-refractivity contribution >= 4 is 29.5 Å². The van der Waals surface area contributed by atoms with Crippen LogP contribution in [0.25, 0.3) is 0 Å². The summed E-state index contributed by atoms with van der Waals surface area (Å²) in [6.45, 7) is 5.17. The molecule has 1 aromatic rings. The SMILES string of the molecule is CC(C)(C)OC(=O)C1(C(C(=O)O)c2cscn2)C=CC=N1. The van der Waals surface area contributed by atoms with Gasteiger partial charge in [-0.25, -0.2) is 9.78 Å². The fourth-order valence-electron chi connectivity index (χ4n) is 2.07. The third-order valence-electron chi connectivity index (χ3n) is 2.88. The highest BCUT2D eigenvalue weighted by Crippen LogP contribution is 2.37. The molecule has 0 saturated heterocycles. The molecule has 1 aliphatic rings. The van der Waals surface area contributed by atoms with Crippen molar-refractivity contribution in [3.05, 3.63) is 28.7 Å². The topological polar surface area (TPSA) is 88.9 Å². The number of aromatic nitrogens is 1. The summed E-state index contributed by atoms with van der Waals surface area (Å²) in [6, 6.07) is 0. The molecule has 0 aliphatic carbocycles. The Labute approximate surface area is 126 Å². The summed E-state index contributed by atoms with van der Waals surface area (Å²) < 4.78 is 5.36. The van der Waals surface area contributed by atoms with Crippen LogP contribution in [-0.2, 0) is 14.3 Å². The summed E-state index contributed by atoms with van der Waals surface area (Å²) >= 11 is 1.27. The summed E-state index contributed by atoms with van der Waals surface area (Å²) in [5, 5.41) is 11.2. The minimum Gasteiger partial charge on any atom is -0.481 e. The van der Waals surface area contributed by atoms with Crippen molar-refractivity contribution in [2.75, 3.05) is 0 Å². The van der Waals surface area contributed by atoms with Crippen molar-refractivity contribution in [3.63, 3.8) is 0 Å². The average molecular weight is 308 g/mol. The van der Waals surface area contributed by atoms with Gasteiger partial charge in [-0.1, -0.05) is 0 Å². The Balaban J connectivity index is 2.46. The molecule has 0 bridgehead atoms. The van der Waals surface area contributed by atoms with E-state index >= 15 is 0 Å². The van der Waals surface area contributed by atoms with Gasteiger partial charge >= 0.3 is 11.9 Å². The van der Waals surface area contributed by atoms with E-state index in [1.807, 2.05) is 0 Å². The molecule has 0 amide bonds. The van der Waals surface area contributed by atoms with Gasteiger partial charge in [0.05, 0.1) is 11.2 Å². The zero-order chi connectivity index (χ0) is 15.7. The second-order valence-corrected chi connectivity index (χ2v) is 6.37. The first-order valence-electron chi connectivity index (χ1n) is 6.34. The highest BCUT2D eigenvalue weighted by molar-refractivity contribution is 7.07. The zero-order valence-corrected chi connectivity index (χ0v) is 12.8. The Kier molecular flexibility index (Phi) is 3.95. The zero-order valence-electron chi connectivity index (χ0n) is 11.9. The van der Waals surface area contributed by atoms with Gasteiger partial charge < -0.3 is 9.84 Å². The molecule has 7 heteroatoms.